The number of hydrogen-bond donors (Lipinski definition) is 2. The number of hydrogen-bond acceptors (Lipinski definition) is 4. The van der Waals surface area contributed by atoms with Crippen LogP contribution in [0.15, 0.2) is 6.07 Å². The molecular weight excluding hydrogens is 349 g/mol. The first-order valence-corrected chi connectivity index (χ1v) is 8.56. The van der Waals surface area contributed by atoms with Gasteiger partial charge in [-0.3, -0.25) is 9.48 Å². The molecule has 3 heterocycles. The van der Waals surface area contributed by atoms with E-state index in [0.717, 1.165) is 51.4 Å². The van der Waals surface area contributed by atoms with Crippen molar-refractivity contribution in [3.8, 4) is 0 Å². The number of piperidine rings is 1. The molecule has 6 nitrogen and oxygen atoms in total. The Balaban J connectivity index is 0.00000144. The zero-order valence-corrected chi connectivity index (χ0v) is 15.8. The lowest BCUT2D eigenvalue weighted by Gasteiger charge is -2.25. The molecule has 1 aromatic heterocycles. The largest absolute Gasteiger partial charge is 0.350 e. The number of nitrogens with zero attached hydrogens (tertiary/aromatic N) is 3. The molecule has 0 radical (unpaired) electrons. The van der Waals surface area contributed by atoms with Crippen LogP contribution in [0.25, 0.3) is 0 Å². The first-order valence-electron chi connectivity index (χ1n) is 8.56. The predicted octanol–water partition coefficient (Wildman–Crippen LogP) is 1.71. The Morgan fingerprint density at radius 1 is 1.17 bits per heavy atom. The maximum Gasteiger partial charge on any atom is 0.221 e. The van der Waals surface area contributed by atoms with Crippen LogP contribution in [0.2, 0.25) is 0 Å². The summed E-state index contributed by atoms with van der Waals surface area (Å²) in [6, 6.07) is 2.10. The summed E-state index contributed by atoms with van der Waals surface area (Å²) in [6.45, 7) is 6.60. The van der Waals surface area contributed by atoms with Crippen LogP contribution < -0.4 is 10.6 Å². The molecule has 1 aromatic rings. The second-order valence-corrected chi connectivity index (χ2v) is 6.31. The van der Waals surface area contributed by atoms with E-state index < -0.39 is 0 Å². The van der Waals surface area contributed by atoms with Crippen molar-refractivity contribution >= 4 is 30.7 Å². The van der Waals surface area contributed by atoms with Gasteiger partial charge in [-0.1, -0.05) is 6.42 Å². The van der Waals surface area contributed by atoms with Gasteiger partial charge >= 0.3 is 0 Å². The smallest absolute Gasteiger partial charge is 0.221 e. The Labute approximate surface area is 156 Å². The van der Waals surface area contributed by atoms with Crippen LogP contribution in [0.5, 0.6) is 0 Å². The highest BCUT2D eigenvalue weighted by atomic mass is 35.5. The number of amides is 1. The lowest BCUT2D eigenvalue weighted by molar-refractivity contribution is -0.121. The third kappa shape index (κ3) is 6.24. The molecule has 0 spiro atoms. The van der Waals surface area contributed by atoms with E-state index in [4.69, 9.17) is 0 Å². The van der Waals surface area contributed by atoms with Gasteiger partial charge in [0.15, 0.2) is 0 Å². The van der Waals surface area contributed by atoms with Crippen molar-refractivity contribution in [2.75, 3.05) is 26.2 Å². The van der Waals surface area contributed by atoms with Crippen molar-refractivity contribution in [2.24, 2.45) is 0 Å². The lowest BCUT2D eigenvalue weighted by Crippen LogP contribution is -2.34. The average Bonchev–Trinajstić information content (AvgIpc) is 2.81. The minimum Gasteiger partial charge on any atom is -0.350 e. The molecule has 0 saturated carbocycles. The standard InChI is InChI=1S/C16H27N5O.2ClH/c22-16(5-10-20-7-2-1-3-8-20)18-12-14-11-15-13-17-6-4-9-21(15)19-14;;/h11,17H,1-10,12-13H2,(H,18,22);2*1H. The Hall–Kier alpha value is -0.820. The molecule has 0 bridgehead atoms. The number of carbonyl (C=O) groups is 1. The summed E-state index contributed by atoms with van der Waals surface area (Å²) < 4.78 is 2.06. The number of aryl methyl sites for hydroxylation is 1. The van der Waals surface area contributed by atoms with Crippen LogP contribution >= 0.6 is 24.8 Å². The summed E-state index contributed by atoms with van der Waals surface area (Å²) in [5, 5.41) is 11.0. The van der Waals surface area contributed by atoms with Gasteiger partial charge in [-0.2, -0.15) is 5.10 Å². The third-order valence-corrected chi connectivity index (χ3v) is 4.51. The Morgan fingerprint density at radius 3 is 2.75 bits per heavy atom. The van der Waals surface area contributed by atoms with Gasteiger partial charge in [-0.25, -0.2) is 0 Å². The van der Waals surface area contributed by atoms with Crippen molar-refractivity contribution in [1.29, 1.82) is 0 Å². The van der Waals surface area contributed by atoms with E-state index in [1.807, 2.05) is 0 Å². The molecule has 1 saturated heterocycles. The van der Waals surface area contributed by atoms with Crippen molar-refractivity contribution in [3.63, 3.8) is 0 Å². The van der Waals surface area contributed by atoms with Gasteiger partial charge in [-0.05, 0) is 45.0 Å². The molecule has 2 aliphatic heterocycles. The van der Waals surface area contributed by atoms with Crippen LogP contribution in [0.3, 0.4) is 0 Å². The molecule has 24 heavy (non-hydrogen) atoms. The van der Waals surface area contributed by atoms with E-state index in [1.165, 1.54) is 25.0 Å². The number of rotatable bonds is 5. The van der Waals surface area contributed by atoms with Gasteiger partial charge < -0.3 is 15.5 Å². The van der Waals surface area contributed by atoms with Gasteiger partial charge in [0.25, 0.3) is 0 Å². The van der Waals surface area contributed by atoms with Crippen LogP contribution in [0.4, 0.5) is 0 Å². The van der Waals surface area contributed by atoms with Crippen molar-refractivity contribution in [3.05, 3.63) is 17.5 Å². The molecule has 3 rings (SSSR count). The zero-order valence-electron chi connectivity index (χ0n) is 14.1. The molecule has 0 unspecified atom stereocenters. The zero-order chi connectivity index (χ0) is 15.2. The van der Waals surface area contributed by atoms with Crippen LogP contribution in [-0.2, 0) is 24.4 Å². The van der Waals surface area contributed by atoms with E-state index in [9.17, 15) is 4.79 Å². The fourth-order valence-corrected chi connectivity index (χ4v) is 3.23. The highest BCUT2D eigenvalue weighted by Gasteiger charge is 2.13. The topological polar surface area (TPSA) is 62.2 Å². The quantitative estimate of drug-likeness (QED) is 0.819. The van der Waals surface area contributed by atoms with E-state index in [-0.39, 0.29) is 30.7 Å². The van der Waals surface area contributed by atoms with E-state index in [2.05, 4.69) is 31.4 Å². The number of likely N-dealkylation sites (tertiary alicyclic amines) is 1. The number of fused-ring (bicyclic) bond motifs is 1. The summed E-state index contributed by atoms with van der Waals surface area (Å²) in [4.78, 5) is 14.4. The average molecular weight is 378 g/mol. The first-order chi connectivity index (χ1) is 10.8. The number of nitrogens with one attached hydrogen (secondary N) is 2. The van der Waals surface area contributed by atoms with Crippen molar-refractivity contribution < 1.29 is 4.79 Å². The lowest BCUT2D eigenvalue weighted by atomic mass is 10.1. The van der Waals surface area contributed by atoms with Crippen LogP contribution in [0.1, 0.15) is 43.5 Å². The SMILES string of the molecule is Cl.Cl.O=C(CCN1CCCCC1)NCc1cc2n(n1)CCCNC2. The van der Waals surface area contributed by atoms with Gasteiger partial charge in [0, 0.05) is 26.1 Å². The van der Waals surface area contributed by atoms with Gasteiger partial charge in [0.2, 0.25) is 5.91 Å². The van der Waals surface area contributed by atoms with Crippen LogP contribution in [0, 0.1) is 0 Å². The minimum atomic E-state index is 0. The Bertz CT molecular complexity index is 479. The number of halogens is 2. The van der Waals surface area contributed by atoms with Gasteiger partial charge in [0.1, 0.15) is 0 Å². The first kappa shape index (κ1) is 21.2. The molecule has 2 N–H and O–H groups in total. The number of carbonyl (C=O) groups excluding carboxylic acids is 1. The molecule has 0 aromatic carbocycles. The summed E-state index contributed by atoms with van der Waals surface area (Å²) in [5.74, 6) is 0.131. The third-order valence-electron chi connectivity index (χ3n) is 4.51. The summed E-state index contributed by atoms with van der Waals surface area (Å²) in [6.07, 6.45) is 5.58. The Morgan fingerprint density at radius 2 is 1.96 bits per heavy atom. The Kier molecular flexibility index (Phi) is 9.66. The maximum absolute atomic E-state index is 12.0. The monoisotopic (exact) mass is 377 g/mol. The fourth-order valence-electron chi connectivity index (χ4n) is 3.23. The fraction of sp³-hybridized carbons (Fsp3) is 0.750. The summed E-state index contributed by atoms with van der Waals surface area (Å²) in [5.41, 5.74) is 2.18. The second-order valence-electron chi connectivity index (χ2n) is 6.31. The van der Waals surface area contributed by atoms with Gasteiger partial charge in [-0.15, -0.1) is 24.8 Å². The molecular formula is C16H29Cl2N5O. The second kappa shape index (κ2) is 10.9. The predicted molar refractivity (Wildman–Crippen MR) is 99.8 cm³/mol. The molecule has 8 heteroatoms. The van der Waals surface area contributed by atoms with E-state index in [1.54, 1.807) is 0 Å². The van der Waals surface area contributed by atoms with E-state index in [0.29, 0.717) is 13.0 Å². The molecule has 0 aliphatic carbocycles. The molecule has 1 fully saturated rings. The minimum absolute atomic E-state index is 0. The summed E-state index contributed by atoms with van der Waals surface area (Å²) in [7, 11) is 0. The summed E-state index contributed by atoms with van der Waals surface area (Å²) >= 11 is 0. The number of aromatic nitrogens is 2. The molecule has 2 aliphatic rings. The van der Waals surface area contributed by atoms with Crippen molar-refractivity contribution in [1.82, 2.24) is 25.3 Å². The maximum atomic E-state index is 12.0. The highest BCUT2D eigenvalue weighted by molar-refractivity contribution is 5.85. The van der Waals surface area contributed by atoms with Crippen LogP contribution in [-0.4, -0.2) is 46.8 Å². The molecule has 0 atom stereocenters. The van der Waals surface area contributed by atoms with Crippen molar-refractivity contribution in [2.45, 2.75) is 51.7 Å². The molecule has 138 valence electrons. The van der Waals surface area contributed by atoms with Gasteiger partial charge in [0.05, 0.1) is 17.9 Å². The normalized spacial score (nSPS) is 17.8. The molecule has 1 amide bonds. The van der Waals surface area contributed by atoms with E-state index >= 15 is 0 Å². The highest BCUT2D eigenvalue weighted by Crippen LogP contribution is 2.10.